The molecule has 2 amide bonds. The van der Waals surface area contributed by atoms with Gasteiger partial charge < -0.3 is 10.3 Å². The summed E-state index contributed by atoms with van der Waals surface area (Å²) in [5, 5.41) is 6.01. The van der Waals surface area contributed by atoms with Crippen molar-refractivity contribution in [2.45, 2.75) is 19.3 Å². The maximum atomic E-state index is 12.5. The molecule has 7 nitrogen and oxygen atoms in total. The zero-order chi connectivity index (χ0) is 21.4. The zero-order valence-corrected chi connectivity index (χ0v) is 18.0. The number of anilines is 2. The van der Waals surface area contributed by atoms with Crippen molar-refractivity contribution in [2.24, 2.45) is 0 Å². The number of benzene rings is 2. The molecule has 1 fully saturated rings. The number of H-pyrrole nitrogens is 1. The molecule has 1 aliphatic heterocycles. The van der Waals surface area contributed by atoms with Crippen LogP contribution in [0, 0.1) is 0 Å². The van der Waals surface area contributed by atoms with E-state index in [4.69, 9.17) is 11.6 Å². The average Bonchev–Trinajstić information content (AvgIpc) is 3.47. The van der Waals surface area contributed by atoms with Gasteiger partial charge >= 0.3 is 0 Å². The van der Waals surface area contributed by atoms with Crippen LogP contribution < -0.4 is 10.2 Å². The van der Waals surface area contributed by atoms with Crippen molar-refractivity contribution in [2.75, 3.05) is 16.8 Å². The van der Waals surface area contributed by atoms with Gasteiger partial charge in [-0.3, -0.25) is 14.5 Å². The number of hydrogen-bond acceptors (Lipinski definition) is 5. The molecule has 2 aromatic carbocycles. The molecule has 156 valence electrons. The number of hydrogen-bond donors (Lipinski definition) is 2. The minimum Gasteiger partial charge on any atom is -0.338 e. The van der Waals surface area contributed by atoms with E-state index in [2.05, 4.69) is 20.3 Å². The molecule has 3 heterocycles. The van der Waals surface area contributed by atoms with Crippen LogP contribution in [0.5, 0.6) is 0 Å². The van der Waals surface area contributed by atoms with Crippen molar-refractivity contribution >= 4 is 56.6 Å². The smallest absolute Gasteiger partial charge is 0.230 e. The topological polar surface area (TPSA) is 91.0 Å². The molecule has 0 saturated carbocycles. The molecule has 2 N–H and O–H groups in total. The molecule has 2 aromatic heterocycles. The number of rotatable bonds is 5. The molecular weight excluding hydrogens is 434 g/mol. The Kier molecular flexibility index (Phi) is 5.17. The Hall–Kier alpha value is -3.23. The number of aromatic amines is 1. The van der Waals surface area contributed by atoms with Crippen molar-refractivity contribution in [1.29, 1.82) is 0 Å². The number of amides is 2. The SMILES string of the molecule is O=C(Cc1csc(N2CCCC2=O)n1)Nc1ccc2nc(-c3ccccc3Cl)[nH]c2c1. The number of carbonyl (C=O) groups is 2. The van der Waals surface area contributed by atoms with Crippen LogP contribution in [0.25, 0.3) is 22.4 Å². The van der Waals surface area contributed by atoms with Crippen molar-refractivity contribution < 1.29 is 9.59 Å². The first-order valence-electron chi connectivity index (χ1n) is 9.86. The van der Waals surface area contributed by atoms with Gasteiger partial charge in [0.25, 0.3) is 0 Å². The van der Waals surface area contributed by atoms with Gasteiger partial charge in [-0.2, -0.15) is 0 Å². The van der Waals surface area contributed by atoms with Crippen LogP contribution in [0.3, 0.4) is 0 Å². The Morgan fingerprint density at radius 1 is 1.23 bits per heavy atom. The molecule has 31 heavy (non-hydrogen) atoms. The second-order valence-corrected chi connectivity index (χ2v) is 8.54. The normalized spacial score (nSPS) is 13.8. The first-order valence-corrected chi connectivity index (χ1v) is 11.1. The van der Waals surface area contributed by atoms with Crippen LogP contribution in [0.15, 0.2) is 47.8 Å². The largest absolute Gasteiger partial charge is 0.338 e. The lowest BCUT2D eigenvalue weighted by Gasteiger charge is -2.10. The van der Waals surface area contributed by atoms with Gasteiger partial charge in [-0.25, -0.2) is 9.97 Å². The number of nitrogens with zero attached hydrogens (tertiary/aromatic N) is 3. The Morgan fingerprint density at radius 2 is 2.10 bits per heavy atom. The molecule has 0 unspecified atom stereocenters. The lowest BCUT2D eigenvalue weighted by Crippen LogP contribution is -2.23. The number of nitrogens with one attached hydrogen (secondary N) is 2. The molecule has 5 rings (SSSR count). The van der Waals surface area contributed by atoms with Gasteiger partial charge in [0.2, 0.25) is 11.8 Å². The van der Waals surface area contributed by atoms with E-state index in [0.29, 0.717) is 40.3 Å². The summed E-state index contributed by atoms with van der Waals surface area (Å²) < 4.78 is 0. The summed E-state index contributed by atoms with van der Waals surface area (Å²) in [6, 6.07) is 13.0. The molecule has 1 saturated heterocycles. The number of imidazole rings is 1. The van der Waals surface area contributed by atoms with E-state index in [1.54, 1.807) is 4.90 Å². The van der Waals surface area contributed by atoms with Crippen LogP contribution in [0.1, 0.15) is 18.5 Å². The van der Waals surface area contributed by atoms with E-state index >= 15 is 0 Å². The number of thiazole rings is 1. The summed E-state index contributed by atoms with van der Waals surface area (Å²) >= 11 is 7.66. The van der Waals surface area contributed by atoms with Crippen LogP contribution in [0.4, 0.5) is 10.8 Å². The third-order valence-corrected chi connectivity index (χ3v) is 6.32. The predicted octanol–water partition coefficient (Wildman–Crippen LogP) is 4.65. The number of fused-ring (bicyclic) bond motifs is 1. The van der Waals surface area contributed by atoms with Crippen LogP contribution in [0.2, 0.25) is 5.02 Å². The summed E-state index contributed by atoms with van der Waals surface area (Å²) in [6.45, 7) is 0.693. The quantitative estimate of drug-likeness (QED) is 0.462. The van der Waals surface area contributed by atoms with Crippen molar-refractivity contribution in [3.8, 4) is 11.4 Å². The number of aromatic nitrogens is 3. The van der Waals surface area contributed by atoms with Crippen LogP contribution in [-0.2, 0) is 16.0 Å². The second-order valence-electron chi connectivity index (χ2n) is 7.29. The highest BCUT2D eigenvalue weighted by Crippen LogP contribution is 2.28. The van der Waals surface area contributed by atoms with E-state index in [1.165, 1.54) is 11.3 Å². The third kappa shape index (κ3) is 4.04. The van der Waals surface area contributed by atoms with Gasteiger partial charge in [0.05, 0.1) is 28.2 Å². The number of carbonyl (C=O) groups excluding carboxylic acids is 2. The highest BCUT2D eigenvalue weighted by Gasteiger charge is 2.24. The van der Waals surface area contributed by atoms with E-state index in [-0.39, 0.29) is 18.2 Å². The Bertz CT molecular complexity index is 1300. The second kappa shape index (κ2) is 8.13. The zero-order valence-electron chi connectivity index (χ0n) is 16.4. The maximum Gasteiger partial charge on any atom is 0.230 e. The monoisotopic (exact) mass is 451 g/mol. The lowest BCUT2D eigenvalue weighted by atomic mass is 10.2. The molecule has 0 atom stereocenters. The maximum absolute atomic E-state index is 12.5. The molecule has 1 aliphatic rings. The van der Waals surface area contributed by atoms with Gasteiger partial charge in [0.1, 0.15) is 5.82 Å². The third-order valence-electron chi connectivity index (χ3n) is 5.08. The Morgan fingerprint density at radius 3 is 2.90 bits per heavy atom. The van der Waals surface area contributed by atoms with Gasteiger partial charge in [0.15, 0.2) is 5.13 Å². The van der Waals surface area contributed by atoms with Crippen LogP contribution in [-0.4, -0.2) is 33.3 Å². The highest BCUT2D eigenvalue weighted by molar-refractivity contribution is 7.14. The summed E-state index contributed by atoms with van der Waals surface area (Å²) in [6.07, 6.45) is 1.55. The standard InChI is InChI=1S/C22H18ClN5O2S/c23-16-5-2-1-4-15(16)21-26-17-8-7-13(10-18(17)27-21)24-19(29)11-14-12-31-22(25-14)28-9-3-6-20(28)30/h1-2,4-5,7-8,10,12H,3,6,9,11H2,(H,24,29)(H,26,27). The molecule has 0 aliphatic carbocycles. The summed E-state index contributed by atoms with van der Waals surface area (Å²) in [4.78, 5) is 38.4. The summed E-state index contributed by atoms with van der Waals surface area (Å²) in [7, 11) is 0. The van der Waals surface area contributed by atoms with Crippen LogP contribution >= 0.6 is 22.9 Å². The molecule has 9 heteroatoms. The lowest BCUT2D eigenvalue weighted by molar-refractivity contribution is -0.117. The summed E-state index contributed by atoms with van der Waals surface area (Å²) in [5.41, 5.74) is 3.73. The van der Waals surface area contributed by atoms with Crippen molar-refractivity contribution in [3.05, 3.63) is 58.6 Å². The van der Waals surface area contributed by atoms with Crippen molar-refractivity contribution in [3.63, 3.8) is 0 Å². The van der Waals surface area contributed by atoms with E-state index < -0.39 is 0 Å². The average molecular weight is 452 g/mol. The van der Waals surface area contributed by atoms with Gasteiger partial charge in [0, 0.05) is 29.6 Å². The highest BCUT2D eigenvalue weighted by atomic mass is 35.5. The minimum absolute atomic E-state index is 0.0920. The fourth-order valence-electron chi connectivity index (χ4n) is 3.59. The fraction of sp³-hybridized carbons (Fsp3) is 0.182. The fourth-order valence-corrected chi connectivity index (χ4v) is 4.68. The first kappa shape index (κ1) is 19.7. The molecular formula is C22H18ClN5O2S. The van der Waals surface area contributed by atoms with E-state index in [9.17, 15) is 9.59 Å². The van der Waals surface area contributed by atoms with E-state index in [0.717, 1.165) is 23.0 Å². The molecule has 0 bridgehead atoms. The van der Waals surface area contributed by atoms with Gasteiger partial charge in [-0.1, -0.05) is 23.7 Å². The van der Waals surface area contributed by atoms with Gasteiger partial charge in [-0.15, -0.1) is 11.3 Å². The first-order chi connectivity index (χ1) is 15.1. The molecule has 0 radical (unpaired) electrons. The number of halogens is 1. The van der Waals surface area contributed by atoms with E-state index in [1.807, 2.05) is 47.8 Å². The molecule has 0 spiro atoms. The Labute approximate surface area is 187 Å². The summed E-state index contributed by atoms with van der Waals surface area (Å²) in [5.74, 6) is 0.597. The molecule has 4 aromatic rings. The van der Waals surface area contributed by atoms with Crippen molar-refractivity contribution in [1.82, 2.24) is 15.0 Å². The Balaban J connectivity index is 1.29. The predicted molar refractivity (Wildman–Crippen MR) is 123 cm³/mol. The minimum atomic E-state index is -0.171. The van der Waals surface area contributed by atoms with Gasteiger partial charge in [-0.05, 0) is 36.8 Å².